The minimum Gasteiger partial charge on any atom is -0.310 e. The number of hydrogen-bond acceptors (Lipinski definition) is 1. The van der Waals surface area contributed by atoms with E-state index in [-0.39, 0.29) is 5.41 Å². The van der Waals surface area contributed by atoms with Crippen LogP contribution in [0.1, 0.15) is 25.0 Å². The highest BCUT2D eigenvalue weighted by Crippen LogP contribution is 2.51. The monoisotopic (exact) mass is 778 g/mol. The maximum Gasteiger partial charge on any atom is 0.0547 e. The smallest absolute Gasteiger partial charge is 0.0547 e. The van der Waals surface area contributed by atoms with Gasteiger partial charge in [-0.2, -0.15) is 0 Å². The fourth-order valence-corrected chi connectivity index (χ4v) is 10.2. The molecular weight excluding hydrogens is 737 g/mol. The van der Waals surface area contributed by atoms with Gasteiger partial charge in [-0.3, -0.25) is 0 Å². The molecule has 1 aliphatic carbocycles. The summed E-state index contributed by atoms with van der Waals surface area (Å²) in [5, 5.41) is 7.56. The van der Waals surface area contributed by atoms with Gasteiger partial charge in [0.15, 0.2) is 0 Å². The van der Waals surface area contributed by atoms with E-state index in [4.69, 9.17) is 0 Å². The maximum atomic E-state index is 2.46. The van der Waals surface area contributed by atoms with Gasteiger partial charge in [0.25, 0.3) is 0 Å². The van der Waals surface area contributed by atoms with Gasteiger partial charge in [0, 0.05) is 38.9 Å². The van der Waals surface area contributed by atoms with Crippen molar-refractivity contribution >= 4 is 60.4 Å². The van der Waals surface area contributed by atoms with E-state index in [0.29, 0.717) is 0 Å². The number of nitrogens with zero attached hydrogens (tertiary/aromatic N) is 2. The quantitative estimate of drug-likeness (QED) is 0.163. The van der Waals surface area contributed by atoms with E-state index in [2.05, 4.69) is 242 Å². The first-order chi connectivity index (χ1) is 30.0. The number of benzene rings is 10. The highest BCUT2D eigenvalue weighted by Gasteiger charge is 2.35. The molecule has 2 nitrogen and oxygen atoms in total. The van der Waals surface area contributed by atoms with Crippen molar-refractivity contribution in [2.75, 3.05) is 4.90 Å². The molecular formula is C59H42N2. The third-order valence-electron chi connectivity index (χ3n) is 13.1. The predicted molar refractivity (Wildman–Crippen MR) is 259 cm³/mol. The topological polar surface area (TPSA) is 8.17 Å². The van der Waals surface area contributed by atoms with E-state index in [1.165, 1.54) is 87.9 Å². The lowest BCUT2D eigenvalue weighted by Crippen LogP contribution is -2.16. The zero-order valence-corrected chi connectivity index (χ0v) is 34.2. The average molecular weight is 779 g/mol. The second-order valence-corrected chi connectivity index (χ2v) is 16.9. The van der Waals surface area contributed by atoms with Crippen molar-refractivity contribution in [1.29, 1.82) is 0 Å². The van der Waals surface area contributed by atoms with Crippen molar-refractivity contribution < 1.29 is 0 Å². The van der Waals surface area contributed by atoms with Gasteiger partial charge in [0.1, 0.15) is 0 Å². The van der Waals surface area contributed by atoms with Crippen LogP contribution in [0, 0.1) is 0 Å². The van der Waals surface area contributed by atoms with E-state index in [9.17, 15) is 0 Å². The van der Waals surface area contributed by atoms with Crippen molar-refractivity contribution in [3.8, 4) is 39.1 Å². The molecule has 0 radical (unpaired) electrons. The predicted octanol–water partition coefficient (Wildman–Crippen LogP) is 16.2. The van der Waals surface area contributed by atoms with Crippen LogP contribution in [0.15, 0.2) is 218 Å². The fourth-order valence-electron chi connectivity index (χ4n) is 10.2. The number of aromatic nitrogens is 1. The molecule has 0 saturated carbocycles. The second-order valence-electron chi connectivity index (χ2n) is 16.9. The van der Waals surface area contributed by atoms with Crippen molar-refractivity contribution in [3.63, 3.8) is 0 Å². The molecule has 0 unspecified atom stereocenters. The molecule has 11 aromatic rings. The second kappa shape index (κ2) is 13.7. The molecule has 12 rings (SSSR count). The molecule has 1 aromatic heterocycles. The molecule has 0 saturated heterocycles. The number of anilines is 3. The van der Waals surface area contributed by atoms with Gasteiger partial charge in [-0.1, -0.05) is 166 Å². The Bertz CT molecular complexity index is 3500. The van der Waals surface area contributed by atoms with Gasteiger partial charge >= 0.3 is 0 Å². The normalized spacial score (nSPS) is 12.9. The van der Waals surface area contributed by atoms with Crippen molar-refractivity contribution in [2.24, 2.45) is 0 Å². The largest absolute Gasteiger partial charge is 0.310 e. The molecule has 0 bridgehead atoms. The van der Waals surface area contributed by atoms with Crippen LogP contribution < -0.4 is 4.90 Å². The van der Waals surface area contributed by atoms with Crippen molar-refractivity contribution in [1.82, 2.24) is 4.57 Å². The molecule has 2 heteroatoms. The Labute approximate surface area is 356 Å². The van der Waals surface area contributed by atoms with E-state index < -0.39 is 0 Å². The molecule has 0 amide bonds. The molecule has 61 heavy (non-hydrogen) atoms. The standard InChI is InChI=1S/C59H42N2/c1-59(2)53-24-11-10-22-51(53)52-34-33-48(38-54(52)59)60(47-20-12-19-43(37-47)39-14-4-3-5-15-39)45-29-31-46(32-30-45)61-55-25-13-23-50(44-27-26-40-16-6-7-18-42(40)36-44)58(55)57-49-21-9-8-17-41(49)28-35-56(57)61/h3-38H,1-2H3. The zero-order valence-electron chi connectivity index (χ0n) is 34.2. The molecule has 1 heterocycles. The highest BCUT2D eigenvalue weighted by molar-refractivity contribution is 6.25. The van der Waals surface area contributed by atoms with E-state index in [0.717, 1.165) is 22.7 Å². The lowest BCUT2D eigenvalue weighted by molar-refractivity contribution is 0.660. The van der Waals surface area contributed by atoms with Gasteiger partial charge in [0.2, 0.25) is 0 Å². The maximum absolute atomic E-state index is 2.46. The van der Waals surface area contributed by atoms with Crippen LogP contribution in [0.2, 0.25) is 0 Å². The van der Waals surface area contributed by atoms with Crippen molar-refractivity contribution in [2.45, 2.75) is 19.3 Å². The first-order valence-electron chi connectivity index (χ1n) is 21.3. The van der Waals surface area contributed by atoms with E-state index >= 15 is 0 Å². The Hall–Kier alpha value is -7.68. The number of hydrogen-bond donors (Lipinski definition) is 0. The van der Waals surface area contributed by atoms with Gasteiger partial charge in [-0.05, 0) is 133 Å². The summed E-state index contributed by atoms with van der Waals surface area (Å²) in [5.74, 6) is 0. The highest BCUT2D eigenvalue weighted by atomic mass is 15.1. The Morgan fingerprint density at radius 3 is 1.87 bits per heavy atom. The Morgan fingerprint density at radius 2 is 1.00 bits per heavy atom. The summed E-state index contributed by atoms with van der Waals surface area (Å²) in [4.78, 5) is 2.42. The summed E-state index contributed by atoms with van der Waals surface area (Å²) >= 11 is 0. The molecule has 0 aliphatic heterocycles. The summed E-state index contributed by atoms with van der Waals surface area (Å²) in [6.45, 7) is 4.72. The van der Waals surface area contributed by atoms with E-state index in [1.54, 1.807) is 0 Å². The SMILES string of the molecule is CC1(C)c2ccccc2-c2ccc(N(c3ccc(-n4c5cccc(-c6ccc7ccccc7c6)c5c5c6ccccc6ccc54)cc3)c3cccc(-c4ccccc4)c3)cc21. The summed E-state index contributed by atoms with van der Waals surface area (Å²) in [6.07, 6.45) is 0. The number of fused-ring (bicyclic) bond motifs is 9. The van der Waals surface area contributed by atoms with Crippen LogP contribution >= 0.6 is 0 Å². The fraction of sp³-hybridized carbons (Fsp3) is 0.0508. The minimum absolute atomic E-state index is 0.115. The first-order valence-corrected chi connectivity index (χ1v) is 21.3. The molecule has 288 valence electrons. The van der Waals surface area contributed by atoms with E-state index in [1.807, 2.05) is 0 Å². The summed E-state index contributed by atoms with van der Waals surface area (Å²) in [5.41, 5.74) is 17.0. The summed E-state index contributed by atoms with van der Waals surface area (Å²) in [6, 6.07) is 80.4. The minimum atomic E-state index is -0.115. The van der Waals surface area contributed by atoms with Crippen LogP contribution in [-0.2, 0) is 5.41 Å². The van der Waals surface area contributed by atoms with Crippen LogP contribution in [-0.4, -0.2) is 4.57 Å². The molecule has 1 aliphatic rings. The average Bonchev–Trinajstić information content (AvgIpc) is 3.78. The Balaban J connectivity index is 1.04. The van der Waals surface area contributed by atoms with Gasteiger partial charge in [-0.15, -0.1) is 0 Å². The zero-order chi connectivity index (χ0) is 40.7. The third kappa shape index (κ3) is 5.56. The molecule has 0 N–H and O–H groups in total. The lowest BCUT2D eigenvalue weighted by atomic mass is 9.82. The Morgan fingerprint density at radius 1 is 0.361 bits per heavy atom. The van der Waals surface area contributed by atoms with Crippen LogP contribution in [0.4, 0.5) is 17.1 Å². The van der Waals surface area contributed by atoms with Crippen LogP contribution in [0.25, 0.3) is 82.4 Å². The van der Waals surface area contributed by atoms with Gasteiger partial charge in [-0.25, -0.2) is 0 Å². The molecule has 0 spiro atoms. The first kappa shape index (κ1) is 35.3. The molecule has 0 atom stereocenters. The third-order valence-corrected chi connectivity index (χ3v) is 13.1. The van der Waals surface area contributed by atoms with Gasteiger partial charge in [0.05, 0.1) is 11.0 Å². The van der Waals surface area contributed by atoms with Crippen LogP contribution in [0.5, 0.6) is 0 Å². The summed E-state index contributed by atoms with van der Waals surface area (Å²) in [7, 11) is 0. The molecule has 0 fully saturated rings. The summed E-state index contributed by atoms with van der Waals surface area (Å²) < 4.78 is 2.46. The van der Waals surface area contributed by atoms with Crippen molar-refractivity contribution in [3.05, 3.63) is 230 Å². The molecule has 10 aromatic carbocycles. The van der Waals surface area contributed by atoms with Gasteiger partial charge < -0.3 is 9.47 Å². The number of rotatable bonds is 6. The Kier molecular flexibility index (Phi) is 7.92. The lowest BCUT2D eigenvalue weighted by Gasteiger charge is -2.28. The van der Waals surface area contributed by atoms with Crippen LogP contribution in [0.3, 0.4) is 0 Å².